The van der Waals surface area contributed by atoms with Gasteiger partial charge in [0.1, 0.15) is 23.1 Å². The van der Waals surface area contributed by atoms with E-state index in [1.54, 1.807) is 37.5 Å². The predicted molar refractivity (Wildman–Crippen MR) is 128 cm³/mol. The maximum absolute atomic E-state index is 13.6. The monoisotopic (exact) mass is 484 g/mol. The lowest BCUT2D eigenvalue weighted by Gasteiger charge is -2.37. The van der Waals surface area contributed by atoms with Crippen molar-refractivity contribution in [1.82, 2.24) is 19.2 Å². The van der Waals surface area contributed by atoms with Crippen LogP contribution in [0.25, 0.3) is 0 Å². The van der Waals surface area contributed by atoms with Gasteiger partial charge in [-0.3, -0.25) is 4.90 Å². The molecule has 1 fully saturated rings. The van der Waals surface area contributed by atoms with Crippen LogP contribution in [-0.4, -0.2) is 71.6 Å². The van der Waals surface area contributed by atoms with Crippen LogP contribution in [0.2, 0.25) is 0 Å². The van der Waals surface area contributed by atoms with Crippen molar-refractivity contribution in [3.05, 3.63) is 48.0 Å². The summed E-state index contributed by atoms with van der Waals surface area (Å²) in [5.74, 6) is 7.02. The predicted octanol–water partition coefficient (Wildman–Crippen LogP) is 2.14. The maximum atomic E-state index is 13.6. The molecule has 1 N–H and O–H groups in total. The van der Waals surface area contributed by atoms with Gasteiger partial charge in [0.2, 0.25) is 10.0 Å². The average molecular weight is 485 g/mol. The van der Waals surface area contributed by atoms with Crippen molar-refractivity contribution in [2.24, 2.45) is 11.8 Å². The lowest BCUT2D eigenvalue weighted by atomic mass is 10.0. The molecule has 1 aliphatic heterocycles. The molecule has 0 bridgehead atoms. The minimum absolute atomic E-state index is 0.112. The molecule has 8 nitrogen and oxygen atoms in total. The lowest BCUT2D eigenvalue weighted by molar-refractivity contribution is 0.0733. The van der Waals surface area contributed by atoms with Gasteiger partial charge in [0.25, 0.3) is 0 Å². The van der Waals surface area contributed by atoms with E-state index in [9.17, 15) is 13.5 Å². The number of ether oxygens (including phenoxy) is 1. The Hall–Kier alpha value is -2.51. The molecule has 2 aromatic rings. The summed E-state index contributed by atoms with van der Waals surface area (Å²) in [6.07, 6.45) is 7.03. The fourth-order valence-corrected chi connectivity index (χ4v) is 5.86. The van der Waals surface area contributed by atoms with E-state index in [-0.39, 0.29) is 30.1 Å². The third-order valence-corrected chi connectivity index (χ3v) is 8.24. The molecule has 34 heavy (non-hydrogen) atoms. The topological polar surface area (TPSA) is 95.9 Å². The second-order valence-electron chi connectivity index (χ2n) is 9.39. The Balaban J connectivity index is 1.66. The molecule has 2 heterocycles. The Labute approximate surface area is 202 Å². The van der Waals surface area contributed by atoms with Crippen molar-refractivity contribution in [3.8, 4) is 17.6 Å². The van der Waals surface area contributed by atoms with E-state index in [0.29, 0.717) is 24.8 Å². The molecule has 3 atom stereocenters. The summed E-state index contributed by atoms with van der Waals surface area (Å²) in [5.41, 5.74) is 1.73. The van der Waals surface area contributed by atoms with Crippen LogP contribution in [-0.2, 0) is 16.6 Å². The molecule has 1 saturated carbocycles. The summed E-state index contributed by atoms with van der Waals surface area (Å²) in [6, 6.07) is 4.50. The summed E-state index contributed by atoms with van der Waals surface area (Å²) in [7, 11) is -1.86. The van der Waals surface area contributed by atoms with Crippen molar-refractivity contribution in [3.63, 3.8) is 0 Å². The van der Waals surface area contributed by atoms with Gasteiger partial charge in [0.15, 0.2) is 0 Å². The van der Waals surface area contributed by atoms with Gasteiger partial charge in [-0.15, -0.1) is 0 Å². The first-order valence-electron chi connectivity index (χ1n) is 11.6. The SMILES string of the molecule is C[C@H]1CN([C@@H](C)CO)S(=O)(=O)c2ccc(C#CC3CC3)cc2O[C@@H]1CN(C)Cc1cncnc1. The largest absolute Gasteiger partial charge is 0.487 e. The third kappa shape index (κ3) is 5.76. The van der Waals surface area contributed by atoms with Crippen molar-refractivity contribution >= 4 is 10.0 Å². The second-order valence-corrected chi connectivity index (χ2v) is 11.2. The van der Waals surface area contributed by atoms with Crippen LogP contribution in [0, 0.1) is 23.7 Å². The summed E-state index contributed by atoms with van der Waals surface area (Å²) >= 11 is 0. The molecule has 0 amide bonds. The van der Waals surface area contributed by atoms with Gasteiger partial charge in [-0.05, 0) is 45.0 Å². The number of hydrogen-bond donors (Lipinski definition) is 1. The van der Waals surface area contributed by atoms with Crippen molar-refractivity contribution < 1.29 is 18.3 Å². The van der Waals surface area contributed by atoms with E-state index >= 15 is 0 Å². The number of rotatable bonds is 6. The van der Waals surface area contributed by atoms with Crippen LogP contribution in [0.4, 0.5) is 0 Å². The molecule has 0 saturated heterocycles. The molecule has 2 aliphatic rings. The lowest BCUT2D eigenvalue weighted by Crippen LogP contribution is -2.49. The summed E-state index contributed by atoms with van der Waals surface area (Å²) in [6.45, 7) is 4.92. The third-order valence-electron chi connectivity index (χ3n) is 6.22. The number of likely N-dealkylation sites (N-methyl/N-ethyl adjacent to an activating group) is 1. The molecule has 4 rings (SSSR count). The fourth-order valence-electron chi connectivity index (χ4n) is 4.03. The van der Waals surface area contributed by atoms with Crippen LogP contribution >= 0.6 is 0 Å². The van der Waals surface area contributed by atoms with Gasteiger partial charge in [0, 0.05) is 61.0 Å². The zero-order chi connectivity index (χ0) is 24.3. The standard InChI is InChI=1S/C25H32N4O4S/c1-18-13-29(19(2)16-30)34(31,32)25-9-8-21(7-6-20-4-5-20)10-23(25)33-24(18)15-28(3)14-22-11-26-17-27-12-22/h8-12,17-20,24,30H,4-5,13-16H2,1-3H3/t18-,19-,24+/m0/s1. The minimum atomic E-state index is -3.85. The van der Waals surface area contributed by atoms with Crippen LogP contribution < -0.4 is 4.74 Å². The highest BCUT2D eigenvalue weighted by Crippen LogP contribution is 2.34. The van der Waals surface area contributed by atoms with Crippen LogP contribution in [0.3, 0.4) is 0 Å². The number of aromatic nitrogens is 2. The highest BCUT2D eigenvalue weighted by atomic mass is 32.2. The van der Waals surface area contributed by atoms with Gasteiger partial charge in [0.05, 0.1) is 6.61 Å². The van der Waals surface area contributed by atoms with E-state index in [2.05, 4.69) is 26.7 Å². The van der Waals surface area contributed by atoms with Gasteiger partial charge in [-0.2, -0.15) is 4.31 Å². The molecule has 0 spiro atoms. The van der Waals surface area contributed by atoms with Crippen molar-refractivity contribution in [2.75, 3.05) is 26.7 Å². The Morgan fingerprint density at radius 1 is 1.29 bits per heavy atom. The number of hydrogen-bond acceptors (Lipinski definition) is 7. The normalized spacial score (nSPS) is 23.1. The van der Waals surface area contributed by atoms with Gasteiger partial charge in [-0.1, -0.05) is 18.8 Å². The summed E-state index contributed by atoms with van der Waals surface area (Å²) in [4.78, 5) is 10.4. The smallest absolute Gasteiger partial charge is 0.247 e. The number of sulfonamides is 1. The first kappa shape index (κ1) is 24.6. The Morgan fingerprint density at radius 3 is 2.71 bits per heavy atom. The van der Waals surface area contributed by atoms with Crippen LogP contribution in [0.15, 0.2) is 41.8 Å². The quantitative estimate of drug-likeness (QED) is 0.628. The van der Waals surface area contributed by atoms with Gasteiger partial charge < -0.3 is 9.84 Å². The molecule has 1 aromatic carbocycles. The van der Waals surface area contributed by atoms with Gasteiger partial charge >= 0.3 is 0 Å². The average Bonchev–Trinajstić information content (AvgIpc) is 3.64. The zero-order valence-electron chi connectivity index (χ0n) is 19.9. The molecule has 0 unspecified atom stereocenters. The molecular formula is C25H32N4O4S. The molecule has 9 heteroatoms. The second kappa shape index (κ2) is 10.4. The zero-order valence-corrected chi connectivity index (χ0v) is 20.7. The molecule has 182 valence electrons. The number of nitrogens with zero attached hydrogens (tertiary/aromatic N) is 4. The van der Waals surface area contributed by atoms with Crippen molar-refractivity contribution in [1.29, 1.82) is 0 Å². The number of aliphatic hydroxyl groups excluding tert-OH is 1. The minimum Gasteiger partial charge on any atom is -0.487 e. The van der Waals surface area contributed by atoms with Crippen LogP contribution in [0.1, 0.15) is 37.8 Å². The fraction of sp³-hybridized carbons (Fsp3) is 0.520. The van der Waals surface area contributed by atoms with Crippen molar-refractivity contribution in [2.45, 2.75) is 50.3 Å². The Kier molecular flexibility index (Phi) is 7.53. The molecule has 0 radical (unpaired) electrons. The van der Waals surface area contributed by atoms with E-state index < -0.39 is 16.1 Å². The van der Waals surface area contributed by atoms with Crippen LogP contribution in [0.5, 0.6) is 5.75 Å². The summed E-state index contributed by atoms with van der Waals surface area (Å²) < 4.78 is 34.9. The van der Waals surface area contributed by atoms with E-state index in [4.69, 9.17) is 4.74 Å². The highest BCUT2D eigenvalue weighted by Gasteiger charge is 2.38. The molecular weight excluding hydrogens is 452 g/mol. The van der Waals surface area contributed by atoms with E-state index in [0.717, 1.165) is 24.0 Å². The highest BCUT2D eigenvalue weighted by molar-refractivity contribution is 7.89. The summed E-state index contributed by atoms with van der Waals surface area (Å²) in [5, 5.41) is 9.79. The molecule has 1 aromatic heterocycles. The first-order chi connectivity index (χ1) is 16.3. The van der Waals surface area contributed by atoms with Gasteiger partial charge in [-0.25, -0.2) is 18.4 Å². The Bertz CT molecular complexity index is 1160. The Morgan fingerprint density at radius 2 is 2.03 bits per heavy atom. The van der Waals surface area contributed by atoms with E-state index in [1.807, 2.05) is 14.0 Å². The number of fused-ring (bicyclic) bond motifs is 1. The maximum Gasteiger partial charge on any atom is 0.247 e. The van der Waals surface area contributed by atoms with E-state index in [1.165, 1.54) is 10.6 Å². The number of benzene rings is 1. The molecule has 1 aliphatic carbocycles. The number of aliphatic hydroxyl groups is 1. The first-order valence-corrected chi connectivity index (χ1v) is 13.1.